The summed E-state index contributed by atoms with van der Waals surface area (Å²) in [5.41, 5.74) is 1.12. The standard InChI is InChI=1S/C20H33FN4O/c1-22-20(25(3)12-8-17-9-14-26-15-10-17)23-11-13-24(2)16-18-4-6-19(21)7-5-18/h4-7,17H,8-16H2,1-3H3,(H,22,23). The van der Waals surface area contributed by atoms with Crippen molar-refractivity contribution in [3.05, 3.63) is 35.6 Å². The Morgan fingerprint density at radius 2 is 1.88 bits per heavy atom. The molecule has 2 rings (SSSR count). The molecule has 0 spiro atoms. The van der Waals surface area contributed by atoms with Crippen LogP contribution in [0.2, 0.25) is 0 Å². The fourth-order valence-electron chi connectivity index (χ4n) is 3.24. The Labute approximate surface area is 157 Å². The van der Waals surface area contributed by atoms with Crippen LogP contribution in [0.4, 0.5) is 4.39 Å². The van der Waals surface area contributed by atoms with Gasteiger partial charge in [-0.15, -0.1) is 0 Å². The lowest BCUT2D eigenvalue weighted by molar-refractivity contribution is 0.0625. The number of likely N-dealkylation sites (N-methyl/N-ethyl adjacent to an activating group) is 1. The number of guanidine groups is 1. The van der Waals surface area contributed by atoms with Crippen molar-refractivity contribution in [2.45, 2.75) is 25.8 Å². The van der Waals surface area contributed by atoms with Gasteiger partial charge in [0.15, 0.2) is 5.96 Å². The van der Waals surface area contributed by atoms with E-state index >= 15 is 0 Å². The number of ether oxygens (including phenoxy) is 1. The molecule has 1 saturated heterocycles. The first-order valence-electron chi connectivity index (χ1n) is 9.51. The van der Waals surface area contributed by atoms with E-state index < -0.39 is 0 Å². The first-order chi connectivity index (χ1) is 12.6. The minimum atomic E-state index is -0.189. The first-order valence-corrected chi connectivity index (χ1v) is 9.51. The van der Waals surface area contributed by atoms with Crippen LogP contribution in [0.1, 0.15) is 24.8 Å². The van der Waals surface area contributed by atoms with Crippen LogP contribution in [-0.2, 0) is 11.3 Å². The molecule has 0 unspecified atom stereocenters. The molecule has 1 aliphatic rings. The van der Waals surface area contributed by atoms with Crippen molar-refractivity contribution in [1.82, 2.24) is 15.1 Å². The van der Waals surface area contributed by atoms with Gasteiger partial charge in [-0.2, -0.15) is 0 Å². The number of nitrogens with one attached hydrogen (secondary N) is 1. The van der Waals surface area contributed by atoms with Gasteiger partial charge >= 0.3 is 0 Å². The Balaban J connectivity index is 1.66. The molecule has 0 atom stereocenters. The van der Waals surface area contributed by atoms with E-state index in [0.717, 1.165) is 56.8 Å². The molecule has 1 aliphatic heterocycles. The number of benzene rings is 1. The van der Waals surface area contributed by atoms with E-state index in [1.807, 2.05) is 19.2 Å². The van der Waals surface area contributed by atoms with Crippen molar-refractivity contribution in [2.75, 3.05) is 54.0 Å². The minimum absolute atomic E-state index is 0.189. The zero-order chi connectivity index (χ0) is 18.8. The van der Waals surface area contributed by atoms with E-state index in [4.69, 9.17) is 4.74 Å². The Morgan fingerprint density at radius 1 is 1.19 bits per heavy atom. The maximum atomic E-state index is 13.0. The van der Waals surface area contributed by atoms with E-state index in [1.165, 1.54) is 31.4 Å². The van der Waals surface area contributed by atoms with Gasteiger partial charge < -0.3 is 19.9 Å². The minimum Gasteiger partial charge on any atom is -0.381 e. The van der Waals surface area contributed by atoms with Gasteiger partial charge in [0.2, 0.25) is 0 Å². The Morgan fingerprint density at radius 3 is 2.54 bits per heavy atom. The first kappa shape index (κ1) is 20.6. The molecule has 0 bridgehead atoms. The summed E-state index contributed by atoms with van der Waals surface area (Å²) in [5.74, 6) is 1.52. The molecule has 0 amide bonds. The molecule has 0 aromatic heterocycles. The summed E-state index contributed by atoms with van der Waals surface area (Å²) >= 11 is 0. The highest BCUT2D eigenvalue weighted by Crippen LogP contribution is 2.18. The lowest BCUT2D eigenvalue weighted by Crippen LogP contribution is -2.42. The average molecular weight is 365 g/mol. The zero-order valence-corrected chi connectivity index (χ0v) is 16.4. The molecular weight excluding hydrogens is 331 g/mol. The molecule has 6 heteroatoms. The molecule has 0 aliphatic carbocycles. The SMILES string of the molecule is CN=C(NCCN(C)Cc1ccc(F)cc1)N(C)CCC1CCOCC1. The normalized spacial score (nSPS) is 16.1. The smallest absolute Gasteiger partial charge is 0.193 e. The van der Waals surface area contributed by atoms with Gasteiger partial charge in [-0.25, -0.2) is 4.39 Å². The predicted molar refractivity (Wildman–Crippen MR) is 105 cm³/mol. The highest BCUT2D eigenvalue weighted by Gasteiger charge is 2.15. The lowest BCUT2D eigenvalue weighted by atomic mass is 9.96. The second-order valence-corrected chi connectivity index (χ2v) is 7.10. The number of halogens is 1. The number of aliphatic imine (C=N–C) groups is 1. The third kappa shape index (κ3) is 7.30. The van der Waals surface area contributed by atoms with Crippen LogP contribution in [0.3, 0.4) is 0 Å². The van der Waals surface area contributed by atoms with Gasteiger partial charge in [0.25, 0.3) is 0 Å². The van der Waals surface area contributed by atoms with Crippen LogP contribution >= 0.6 is 0 Å². The zero-order valence-electron chi connectivity index (χ0n) is 16.4. The molecule has 1 N–H and O–H groups in total. The molecule has 1 aromatic rings. The summed E-state index contributed by atoms with van der Waals surface area (Å²) in [4.78, 5) is 8.81. The highest BCUT2D eigenvalue weighted by molar-refractivity contribution is 5.79. The molecule has 1 heterocycles. The highest BCUT2D eigenvalue weighted by atomic mass is 19.1. The van der Waals surface area contributed by atoms with Crippen LogP contribution in [0.15, 0.2) is 29.3 Å². The fraction of sp³-hybridized carbons (Fsp3) is 0.650. The molecule has 1 aromatic carbocycles. The quantitative estimate of drug-likeness (QED) is 0.569. The molecule has 146 valence electrons. The van der Waals surface area contributed by atoms with Gasteiger partial charge in [-0.05, 0) is 49.9 Å². The summed E-state index contributed by atoms with van der Waals surface area (Å²) < 4.78 is 18.4. The van der Waals surface area contributed by atoms with Gasteiger partial charge in [0.05, 0.1) is 0 Å². The average Bonchev–Trinajstić information content (AvgIpc) is 2.66. The second-order valence-electron chi connectivity index (χ2n) is 7.10. The van der Waals surface area contributed by atoms with Crippen molar-refractivity contribution < 1.29 is 9.13 Å². The molecule has 0 saturated carbocycles. The van der Waals surface area contributed by atoms with E-state index in [1.54, 1.807) is 0 Å². The van der Waals surface area contributed by atoms with Crippen molar-refractivity contribution in [3.63, 3.8) is 0 Å². The molecule has 1 fully saturated rings. The van der Waals surface area contributed by atoms with Gasteiger partial charge in [0.1, 0.15) is 5.82 Å². The monoisotopic (exact) mass is 364 g/mol. The Bertz CT molecular complexity index is 543. The Kier molecular flexibility index (Phi) is 8.85. The second kappa shape index (κ2) is 11.1. The molecular formula is C20H33FN4O. The summed E-state index contributed by atoms with van der Waals surface area (Å²) in [7, 11) is 6.00. The van der Waals surface area contributed by atoms with Crippen LogP contribution < -0.4 is 5.32 Å². The molecule has 5 nitrogen and oxygen atoms in total. The van der Waals surface area contributed by atoms with E-state index in [2.05, 4.69) is 34.2 Å². The summed E-state index contributed by atoms with van der Waals surface area (Å²) in [5, 5.41) is 3.43. The van der Waals surface area contributed by atoms with E-state index in [0.29, 0.717) is 0 Å². The van der Waals surface area contributed by atoms with Crippen LogP contribution in [0.5, 0.6) is 0 Å². The van der Waals surface area contributed by atoms with Crippen molar-refractivity contribution in [1.29, 1.82) is 0 Å². The molecule has 0 radical (unpaired) electrons. The topological polar surface area (TPSA) is 40.1 Å². The number of hydrogen-bond donors (Lipinski definition) is 1. The molecule has 26 heavy (non-hydrogen) atoms. The van der Waals surface area contributed by atoms with Crippen LogP contribution in [0.25, 0.3) is 0 Å². The van der Waals surface area contributed by atoms with Crippen molar-refractivity contribution in [3.8, 4) is 0 Å². The Hall–Kier alpha value is -1.66. The third-order valence-electron chi connectivity index (χ3n) is 4.93. The van der Waals surface area contributed by atoms with Crippen LogP contribution in [0, 0.1) is 11.7 Å². The maximum Gasteiger partial charge on any atom is 0.193 e. The summed E-state index contributed by atoms with van der Waals surface area (Å²) in [6.45, 7) is 5.34. The number of rotatable bonds is 8. The van der Waals surface area contributed by atoms with Crippen molar-refractivity contribution >= 4 is 5.96 Å². The summed E-state index contributed by atoms with van der Waals surface area (Å²) in [6.07, 6.45) is 3.53. The maximum absolute atomic E-state index is 13.0. The van der Waals surface area contributed by atoms with Gasteiger partial charge in [0, 0.05) is 53.5 Å². The van der Waals surface area contributed by atoms with E-state index in [9.17, 15) is 4.39 Å². The van der Waals surface area contributed by atoms with Crippen molar-refractivity contribution in [2.24, 2.45) is 10.9 Å². The largest absolute Gasteiger partial charge is 0.381 e. The van der Waals surface area contributed by atoms with Gasteiger partial charge in [-0.3, -0.25) is 4.99 Å². The fourth-order valence-corrected chi connectivity index (χ4v) is 3.24. The number of hydrogen-bond acceptors (Lipinski definition) is 3. The summed E-state index contributed by atoms with van der Waals surface area (Å²) in [6, 6.07) is 6.69. The van der Waals surface area contributed by atoms with Crippen LogP contribution in [-0.4, -0.2) is 69.8 Å². The van der Waals surface area contributed by atoms with E-state index in [-0.39, 0.29) is 5.82 Å². The predicted octanol–water partition coefficient (Wildman–Crippen LogP) is 2.58. The third-order valence-corrected chi connectivity index (χ3v) is 4.93. The number of nitrogens with zero attached hydrogens (tertiary/aromatic N) is 3. The van der Waals surface area contributed by atoms with Gasteiger partial charge in [-0.1, -0.05) is 12.1 Å². The lowest BCUT2D eigenvalue weighted by Gasteiger charge is -2.27.